The van der Waals surface area contributed by atoms with E-state index in [9.17, 15) is 9.18 Å². The van der Waals surface area contributed by atoms with E-state index in [2.05, 4.69) is 20.3 Å². The van der Waals surface area contributed by atoms with E-state index < -0.39 is 11.7 Å². The van der Waals surface area contributed by atoms with Gasteiger partial charge in [-0.1, -0.05) is 24.3 Å². The number of rotatable bonds is 4. The zero-order valence-electron chi connectivity index (χ0n) is 15.1. The van der Waals surface area contributed by atoms with Crippen molar-refractivity contribution in [1.82, 2.24) is 4.98 Å². The molecule has 0 bridgehead atoms. The second-order valence-electron chi connectivity index (χ2n) is 6.11. The molecule has 8 heteroatoms. The number of halogens is 1. The van der Waals surface area contributed by atoms with Gasteiger partial charge in [0.1, 0.15) is 22.0 Å². The Morgan fingerprint density at radius 2 is 1.55 bits per heavy atom. The van der Waals surface area contributed by atoms with Crippen molar-refractivity contribution >= 4 is 55.5 Å². The third-order valence-corrected chi connectivity index (χ3v) is 6.01. The first kappa shape index (κ1) is 19.0. The van der Waals surface area contributed by atoms with Crippen LogP contribution >= 0.6 is 22.9 Å². The van der Waals surface area contributed by atoms with Gasteiger partial charge >= 0.3 is 0 Å². The first-order valence-electron chi connectivity index (χ1n) is 8.70. The molecule has 4 aromatic rings. The zero-order chi connectivity index (χ0) is 20.2. The first-order chi connectivity index (χ1) is 14.1. The Kier molecular flexibility index (Phi) is 5.46. The number of thiocarbonyl (C=S) groups is 1. The van der Waals surface area contributed by atoms with Crippen LogP contribution in [0.3, 0.4) is 0 Å². The van der Waals surface area contributed by atoms with E-state index in [1.165, 1.54) is 12.1 Å². The summed E-state index contributed by atoms with van der Waals surface area (Å²) < 4.78 is 18.1. The molecule has 0 saturated heterocycles. The van der Waals surface area contributed by atoms with Crippen LogP contribution in [0.5, 0.6) is 0 Å². The average Bonchev–Trinajstić information content (AvgIpc) is 3.12. The molecule has 0 radical (unpaired) electrons. The third kappa shape index (κ3) is 4.39. The van der Waals surface area contributed by atoms with Crippen molar-refractivity contribution in [1.29, 1.82) is 0 Å². The van der Waals surface area contributed by atoms with Gasteiger partial charge in [0.2, 0.25) is 9.81 Å². The second-order valence-corrected chi connectivity index (χ2v) is 8.05. The maximum Gasteiger partial charge on any atom is 0.258 e. The number of thiazole rings is 1. The molecule has 0 aliphatic carbocycles. The van der Waals surface area contributed by atoms with Gasteiger partial charge in [0.05, 0.1) is 5.56 Å². The van der Waals surface area contributed by atoms with Crippen LogP contribution < -0.4 is 15.4 Å². The summed E-state index contributed by atoms with van der Waals surface area (Å²) in [6, 6.07) is 20.8. The van der Waals surface area contributed by atoms with Crippen LogP contribution in [0.4, 0.5) is 15.8 Å². The minimum atomic E-state index is -0.558. The number of para-hydroxylation sites is 1. The predicted molar refractivity (Wildman–Crippen MR) is 121 cm³/mol. The van der Waals surface area contributed by atoms with Gasteiger partial charge in [-0.3, -0.25) is 4.79 Å². The quantitative estimate of drug-likeness (QED) is 0.306. The predicted octanol–water partition coefficient (Wildman–Crippen LogP) is 5.32. The lowest BCUT2D eigenvalue weighted by atomic mass is 10.2. The molecule has 1 unspecified atom stereocenters. The molecule has 4 rings (SSSR count). The number of fused-ring (bicyclic) bond motifs is 1. The Labute approximate surface area is 174 Å². The second kappa shape index (κ2) is 8.34. The summed E-state index contributed by atoms with van der Waals surface area (Å²) in [6.07, 6.45) is 0. The number of nitrogens with one attached hydrogen (secondary N) is 3. The van der Waals surface area contributed by atoms with Crippen molar-refractivity contribution < 1.29 is 9.18 Å². The number of carbonyl (C=O) groups is 1. The molecular formula is C21H16FN4OS2+. The van der Waals surface area contributed by atoms with Crippen molar-refractivity contribution in [2.24, 2.45) is 0 Å². The lowest BCUT2D eigenvalue weighted by molar-refractivity contribution is 0.102. The zero-order valence-corrected chi connectivity index (χ0v) is 16.7. The van der Waals surface area contributed by atoms with E-state index >= 15 is 0 Å². The van der Waals surface area contributed by atoms with Gasteiger partial charge in [-0.25, -0.2) is 4.39 Å². The Morgan fingerprint density at radius 1 is 0.897 bits per heavy atom. The number of anilines is 2. The summed E-state index contributed by atoms with van der Waals surface area (Å²) in [6.45, 7) is 0. The average molecular weight is 424 g/mol. The molecule has 1 atom stereocenters. The highest BCUT2D eigenvalue weighted by Crippen LogP contribution is 2.27. The van der Waals surface area contributed by atoms with Gasteiger partial charge in [0, 0.05) is 17.4 Å². The van der Waals surface area contributed by atoms with Crippen molar-refractivity contribution in [3.05, 3.63) is 89.7 Å². The van der Waals surface area contributed by atoms with E-state index in [0.717, 1.165) is 15.9 Å². The molecule has 1 aromatic heterocycles. The fraction of sp³-hybridized carbons (Fsp3) is 0. The van der Waals surface area contributed by atoms with Crippen LogP contribution in [0.15, 0.2) is 78.3 Å². The molecule has 29 heavy (non-hydrogen) atoms. The maximum atomic E-state index is 13.7. The Bertz CT molecular complexity index is 1190. The minimum Gasteiger partial charge on any atom is -0.329 e. The van der Waals surface area contributed by atoms with E-state index in [4.69, 9.17) is 12.2 Å². The molecule has 3 N–H and O–H groups in total. The fourth-order valence-corrected chi connectivity index (χ4v) is 4.44. The van der Waals surface area contributed by atoms with Gasteiger partial charge in [-0.05, 0) is 54.7 Å². The number of carbonyl (C=O) groups excluding carboxylic acids is 1. The Hall–Kier alpha value is -3.36. The molecular weight excluding hydrogens is 407 g/mol. The van der Waals surface area contributed by atoms with E-state index in [1.807, 2.05) is 29.8 Å². The molecule has 0 saturated carbocycles. The van der Waals surface area contributed by atoms with Crippen LogP contribution in [0, 0.1) is 5.82 Å². The number of hydrogen-bond donors (Lipinski definition) is 3. The SMILES string of the molecule is O=C(Nc1ccc(NC(=S)N[s+]2cnc3ccccc32)cc1)c1ccccc1F. The number of nitrogens with zero attached hydrogens (tertiary/aromatic N) is 1. The highest BCUT2D eigenvalue weighted by atomic mass is 32.2. The number of hydrogen-bond acceptors (Lipinski definition) is 3. The highest BCUT2D eigenvalue weighted by Gasteiger charge is 2.15. The summed E-state index contributed by atoms with van der Waals surface area (Å²) in [7, 11) is -0.380. The van der Waals surface area contributed by atoms with Crippen molar-refractivity contribution in [3.63, 3.8) is 0 Å². The Morgan fingerprint density at radius 3 is 2.31 bits per heavy atom. The Balaban J connectivity index is 1.38. The van der Waals surface area contributed by atoms with Gasteiger partial charge < -0.3 is 10.6 Å². The summed E-state index contributed by atoms with van der Waals surface area (Å²) >= 11 is 5.39. The largest absolute Gasteiger partial charge is 0.329 e. The summed E-state index contributed by atoms with van der Waals surface area (Å²) in [5.41, 5.74) is 4.11. The van der Waals surface area contributed by atoms with Crippen molar-refractivity contribution in [2.45, 2.75) is 0 Å². The third-order valence-electron chi connectivity index (χ3n) is 4.12. The van der Waals surface area contributed by atoms with Crippen molar-refractivity contribution in [3.8, 4) is 0 Å². The number of aromatic nitrogens is 1. The highest BCUT2D eigenvalue weighted by molar-refractivity contribution is 7.81. The van der Waals surface area contributed by atoms with Crippen LogP contribution in [0.25, 0.3) is 10.2 Å². The molecule has 0 spiro atoms. The van der Waals surface area contributed by atoms with Crippen LogP contribution in [0.2, 0.25) is 0 Å². The van der Waals surface area contributed by atoms with E-state index in [0.29, 0.717) is 10.8 Å². The summed E-state index contributed by atoms with van der Waals surface area (Å²) in [4.78, 5) is 16.6. The topological polar surface area (TPSA) is 66.1 Å². The van der Waals surface area contributed by atoms with Crippen LogP contribution in [-0.4, -0.2) is 16.0 Å². The smallest absolute Gasteiger partial charge is 0.258 e. The maximum absolute atomic E-state index is 13.7. The molecule has 144 valence electrons. The molecule has 0 fully saturated rings. The lowest BCUT2D eigenvalue weighted by Crippen LogP contribution is -2.18. The van der Waals surface area contributed by atoms with Crippen molar-refractivity contribution in [2.75, 3.05) is 15.4 Å². The van der Waals surface area contributed by atoms with Gasteiger partial charge in [0.25, 0.3) is 11.4 Å². The molecule has 3 aromatic carbocycles. The fourth-order valence-electron chi connectivity index (χ4n) is 2.73. The number of benzene rings is 3. The van der Waals surface area contributed by atoms with Crippen LogP contribution in [0.1, 0.15) is 10.4 Å². The molecule has 0 aliphatic rings. The number of amides is 1. The monoisotopic (exact) mass is 423 g/mol. The first-order valence-corrected chi connectivity index (χ1v) is 10.4. The van der Waals surface area contributed by atoms with Gasteiger partial charge in [0.15, 0.2) is 0 Å². The molecule has 5 nitrogen and oxygen atoms in total. The molecule has 0 aliphatic heterocycles. The van der Waals surface area contributed by atoms with Gasteiger partial charge in [-0.2, -0.15) is 9.71 Å². The van der Waals surface area contributed by atoms with Crippen LogP contribution in [-0.2, 0) is 0 Å². The summed E-state index contributed by atoms with van der Waals surface area (Å²) in [5.74, 6) is -1.06. The normalized spacial score (nSPS) is 11.1. The van der Waals surface area contributed by atoms with E-state index in [1.54, 1.807) is 36.4 Å². The molecule has 1 heterocycles. The minimum absolute atomic E-state index is 0.000389. The van der Waals surface area contributed by atoms with Gasteiger partial charge in [-0.15, -0.1) is 0 Å². The molecule has 1 amide bonds. The lowest BCUT2D eigenvalue weighted by Gasteiger charge is -2.08. The standard InChI is InChI=1S/C21H15FN4OS2/c22-17-6-2-1-5-16(17)20(27)24-14-9-11-15(12-10-14)25-21(28)26-29-13-23-18-7-3-4-8-19(18)29/h1-13H,(H2-,24,25,26,27,28)/p+1. The summed E-state index contributed by atoms with van der Waals surface area (Å²) in [5, 5.41) is 6.26. The van der Waals surface area contributed by atoms with E-state index in [-0.39, 0.29) is 16.2 Å².